The van der Waals surface area contributed by atoms with Gasteiger partial charge in [-0.05, 0) is 30.3 Å². The summed E-state index contributed by atoms with van der Waals surface area (Å²) in [6.45, 7) is 6.75. The molecule has 23 heavy (non-hydrogen) atoms. The van der Waals surface area contributed by atoms with Crippen LogP contribution in [0.15, 0.2) is 18.2 Å². The van der Waals surface area contributed by atoms with E-state index < -0.39 is 17.8 Å². The predicted octanol–water partition coefficient (Wildman–Crippen LogP) is 2.93. The number of halogens is 3. The van der Waals surface area contributed by atoms with E-state index in [-0.39, 0.29) is 5.69 Å². The standard InChI is InChI=1S/C15H20F3N3O2/c1-2-20-3-5-21(6-4-20)10-11-7-12(15(16,17)18)9-13(8-11)19-14(22)23/h7-9,19H,2-6,10H2,1H3,(H,22,23). The first-order valence-corrected chi connectivity index (χ1v) is 7.43. The van der Waals surface area contributed by atoms with Crippen LogP contribution in [0.25, 0.3) is 0 Å². The fourth-order valence-electron chi connectivity index (χ4n) is 2.66. The molecule has 8 heteroatoms. The van der Waals surface area contributed by atoms with Crippen LogP contribution in [0.4, 0.5) is 23.7 Å². The van der Waals surface area contributed by atoms with Crippen molar-refractivity contribution in [2.24, 2.45) is 0 Å². The third kappa shape index (κ3) is 5.11. The zero-order chi connectivity index (χ0) is 17.0. The number of nitrogens with zero attached hydrogens (tertiary/aromatic N) is 2. The van der Waals surface area contributed by atoms with Crippen molar-refractivity contribution in [1.82, 2.24) is 9.80 Å². The van der Waals surface area contributed by atoms with E-state index in [2.05, 4.69) is 16.7 Å². The van der Waals surface area contributed by atoms with Crippen LogP contribution in [0, 0.1) is 0 Å². The highest BCUT2D eigenvalue weighted by Gasteiger charge is 2.31. The minimum atomic E-state index is -4.51. The second-order valence-corrected chi connectivity index (χ2v) is 5.56. The lowest BCUT2D eigenvalue weighted by atomic mass is 10.1. The number of benzene rings is 1. The molecule has 1 amide bonds. The maximum absolute atomic E-state index is 13.0. The van der Waals surface area contributed by atoms with Gasteiger partial charge in [0.25, 0.3) is 0 Å². The molecule has 1 aliphatic heterocycles. The van der Waals surface area contributed by atoms with Gasteiger partial charge in [0, 0.05) is 38.4 Å². The molecule has 0 unspecified atom stereocenters. The van der Waals surface area contributed by atoms with Crippen molar-refractivity contribution in [2.75, 3.05) is 38.0 Å². The van der Waals surface area contributed by atoms with Crippen molar-refractivity contribution in [3.8, 4) is 0 Å². The summed E-state index contributed by atoms with van der Waals surface area (Å²) in [6.07, 6.45) is -5.89. The molecule has 1 saturated heterocycles. The molecule has 1 fully saturated rings. The number of nitrogens with one attached hydrogen (secondary N) is 1. The Balaban J connectivity index is 2.15. The van der Waals surface area contributed by atoms with Gasteiger partial charge in [0.15, 0.2) is 0 Å². The minimum Gasteiger partial charge on any atom is -0.465 e. The highest BCUT2D eigenvalue weighted by molar-refractivity contribution is 5.83. The van der Waals surface area contributed by atoms with Crippen LogP contribution in [-0.4, -0.2) is 53.7 Å². The first-order chi connectivity index (χ1) is 10.8. The summed E-state index contributed by atoms with van der Waals surface area (Å²) in [5.41, 5.74) is -0.450. The molecule has 2 N–H and O–H groups in total. The molecular formula is C15H20F3N3O2. The number of hydrogen-bond donors (Lipinski definition) is 2. The Morgan fingerprint density at radius 1 is 1.17 bits per heavy atom. The molecule has 0 saturated carbocycles. The van der Waals surface area contributed by atoms with Gasteiger partial charge in [0.05, 0.1) is 5.56 Å². The van der Waals surface area contributed by atoms with Crippen molar-refractivity contribution in [3.63, 3.8) is 0 Å². The SMILES string of the molecule is CCN1CCN(Cc2cc(NC(=O)O)cc(C(F)(F)F)c2)CC1. The average molecular weight is 331 g/mol. The number of rotatable bonds is 4. The Kier molecular flexibility index (Phi) is 5.48. The van der Waals surface area contributed by atoms with E-state index in [1.807, 2.05) is 5.32 Å². The Hall–Kier alpha value is -1.80. The van der Waals surface area contributed by atoms with Gasteiger partial charge < -0.3 is 10.0 Å². The van der Waals surface area contributed by atoms with Crippen LogP contribution >= 0.6 is 0 Å². The molecule has 0 spiro atoms. The van der Waals surface area contributed by atoms with Crippen molar-refractivity contribution in [1.29, 1.82) is 0 Å². The van der Waals surface area contributed by atoms with Crippen LogP contribution < -0.4 is 5.32 Å². The Morgan fingerprint density at radius 2 is 1.78 bits per heavy atom. The molecule has 0 radical (unpaired) electrons. The molecular weight excluding hydrogens is 311 g/mol. The third-order valence-corrected chi connectivity index (χ3v) is 3.89. The van der Waals surface area contributed by atoms with Gasteiger partial charge in [-0.3, -0.25) is 10.2 Å². The van der Waals surface area contributed by atoms with E-state index in [9.17, 15) is 18.0 Å². The van der Waals surface area contributed by atoms with Gasteiger partial charge in [0.1, 0.15) is 0 Å². The zero-order valence-electron chi connectivity index (χ0n) is 12.9. The lowest BCUT2D eigenvalue weighted by Gasteiger charge is -2.34. The summed E-state index contributed by atoms with van der Waals surface area (Å²) in [7, 11) is 0. The van der Waals surface area contributed by atoms with E-state index in [4.69, 9.17) is 5.11 Å². The van der Waals surface area contributed by atoms with Gasteiger partial charge >= 0.3 is 12.3 Å². The zero-order valence-corrected chi connectivity index (χ0v) is 12.9. The van der Waals surface area contributed by atoms with Gasteiger partial charge in [-0.2, -0.15) is 13.2 Å². The molecule has 1 aromatic carbocycles. The number of carbonyl (C=O) groups is 1. The Bertz CT molecular complexity index is 555. The lowest BCUT2D eigenvalue weighted by Crippen LogP contribution is -2.45. The van der Waals surface area contributed by atoms with Crippen molar-refractivity contribution >= 4 is 11.8 Å². The summed E-state index contributed by atoms with van der Waals surface area (Å²) in [5, 5.41) is 10.7. The van der Waals surface area contributed by atoms with Gasteiger partial charge in [0.2, 0.25) is 0 Å². The monoisotopic (exact) mass is 331 g/mol. The third-order valence-electron chi connectivity index (χ3n) is 3.89. The first-order valence-electron chi connectivity index (χ1n) is 7.43. The molecule has 1 aliphatic rings. The van der Waals surface area contributed by atoms with E-state index in [0.29, 0.717) is 12.1 Å². The number of piperazine rings is 1. The van der Waals surface area contributed by atoms with Crippen LogP contribution in [0.2, 0.25) is 0 Å². The van der Waals surface area contributed by atoms with E-state index >= 15 is 0 Å². The summed E-state index contributed by atoms with van der Waals surface area (Å²) >= 11 is 0. The molecule has 5 nitrogen and oxygen atoms in total. The first kappa shape index (κ1) is 17.6. The normalized spacial score (nSPS) is 17.2. The summed E-state index contributed by atoms with van der Waals surface area (Å²) in [5.74, 6) is 0. The van der Waals surface area contributed by atoms with Gasteiger partial charge in [-0.1, -0.05) is 6.92 Å². The van der Waals surface area contributed by atoms with Crippen molar-refractivity contribution < 1.29 is 23.1 Å². The fourth-order valence-corrected chi connectivity index (χ4v) is 2.66. The topological polar surface area (TPSA) is 55.8 Å². The van der Waals surface area contributed by atoms with E-state index in [1.54, 1.807) is 0 Å². The van der Waals surface area contributed by atoms with Crippen LogP contribution in [0.3, 0.4) is 0 Å². The number of amides is 1. The van der Waals surface area contributed by atoms with E-state index in [1.165, 1.54) is 6.07 Å². The van der Waals surface area contributed by atoms with Gasteiger partial charge in [-0.15, -0.1) is 0 Å². The number of hydrogen-bond acceptors (Lipinski definition) is 3. The van der Waals surface area contributed by atoms with E-state index in [0.717, 1.165) is 44.9 Å². The summed E-state index contributed by atoms with van der Waals surface area (Å²) in [4.78, 5) is 15.0. The fraction of sp³-hybridized carbons (Fsp3) is 0.533. The van der Waals surface area contributed by atoms with Crippen LogP contribution in [0.5, 0.6) is 0 Å². The molecule has 1 aromatic rings. The highest BCUT2D eigenvalue weighted by atomic mass is 19.4. The minimum absolute atomic E-state index is 0.0606. The van der Waals surface area contributed by atoms with Crippen molar-refractivity contribution in [3.05, 3.63) is 29.3 Å². The largest absolute Gasteiger partial charge is 0.465 e. The summed E-state index contributed by atoms with van der Waals surface area (Å²) < 4.78 is 38.9. The molecule has 1 heterocycles. The number of alkyl halides is 3. The predicted molar refractivity (Wildman–Crippen MR) is 80.5 cm³/mol. The number of carboxylic acid groups (broad SMARTS) is 1. The molecule has 0 atom stereocenters. The Labute approximate surface area is 132 Å². The number of anilines is 1. The average Bonchev–Trinajstić information content (AvgIpc) is 2.46. The van der Waals surface area contributed by atoms with Crippen LogP contribution in [0.1, 0.15) is 18.1 Å². The maximum Gasteiger partial charge on any atom is 0.416 e. The summed E-state index contributed by atoms with van der Waals surface area (Å²) in [6, 6.07) is 3.35. The molecule has 0 bridgehead atoms. The van der Waals surface area contributed by atoms with Gasteiger partial charge in [-0.25, -0.2) is 4.79 Å². The molecule has 0 aliphatic carbocycles. The maximum atomic E-state index is 13.0. The Morgan fingerprint density at radius 3 is 2.30 bits per heavy atom. The second-order valence-electron chi connectivity index (χ2n) is 5.56. The quantitative estimate of drug-likeness (QED) is 0.891. The smallest absolute Gasteiger partial charge is 0.416 e. The van der Waals surface area contributed by atoms with Crippen LogP contribution in [-0.2, 0) is 12.7 Å². The molecule has 0 aromatic heterocycles. The molecule has 2 rings (SSSR count). The van der Waals surface area contributed by atoms with Crippen molar-refractivity contribution in [2.45, 2.75) is 19.6 Å². The molecule has 128 valence electrons. The number of likely N-dealkylation sites (N-methyl/N-ethyl adjacent to an activating group) is 1. The highest BCUT2D eigenvalue weighted by Crippen LogP contribution is 2.32. The lowest BCUT2D eigenvalue weighted by molar-refractivity contribution is -0.137. The second kappa shape index (κ2) is 7.18.